The molecule has 1 aromatic heterocycles. The van der Waals surface area contributed by atoms with E-state index in [1.165, 1.54) is 17.0 Å². The van der Waals surface area contributed by atoms with Gasteiger partial charge in [-0.3, -0.25) is 0 Å². The van der Waals surface area contributed by atoms with Crippen LogP contribution < -0.4 is 11.1 Å². The minimum Gasteiger partial charge on any atom is -0.361 e. The summed E-state index contributed by atoms with van der Waals surface area (Å²) < 4.78 is 0. The maximum Gasteiger partial charge on any atom is 0.0332 e. The molecule has 2 heterocycles. The Hall–Kier alpha value is -0.800. The molecule has 0 aliphatic carbocycles. The van der Waals surface area contributed by atoms with Gasteiger partial charge in [-0.1, -0.05) is 0 Å². The molecule has 0 saturated carbocycles. The largest absolute Gasteiger partial charge is 0.361 e. The highest BCUT2D eigenvalue weighted by atomic mass is 14.9. The topological polar surface area (TPSA) is 53.8 Å². The molecule has 66 valence electrons. The van der Waals surface area contributed by atoms with Crippen LogP contribution in [0.4, 0.5) is 0 Å². The summed E-state index contributed by atoms with van der Waals surface area (Å²) in [5.74, 6) is 0. The van der Waals surface area contributed by atoms with Crippen LogP contribution in [0.15, 0.2) is 6.07 Å². The fourth-order valence-electron chi connectivity index (χ4n) is 1.73. The summed E-state index contributed by atoms with van der Waals surface area (Å²) in [5, 5.41) is 3.37. The zero-order valence-corrected chi connectivity index (χ0v) is 7.19. The van der Waals surface area contributed by atoms with Gasteiger partial charge < -0.3 is 16.0 Å². The highest BCUT2D eigenvalue weighted by Gasteiger charge is 2.09. The van der Waals surface area contributed by atoms with Crippen LogP contribution in [0.2, 0.25) is 0 Å². The van der Waals surface area contributed by atoms with E-state index in [9.17, 15) is 0 Å². The van der Waals surface area contributed by atoms with E-state index in [1.807, 2.05) is 0 Å². The van der Waals surface area contributed by atoms with Gasteiger partial charge >= 0.3 is 0 Å². The van der Waals surface area contributed by atoms with E-state index >= 15 is 0 Å². The molecule has 0 aromatic carbocycles. The Balaban J connectivity index is 2.26. The predicted molar refractivity (Wildman–Crippen MR) is 49.0 cm³/mol. The number of hydrogen-bond acceptors (Lipinski definition) is 2. The third kappa shape index (κ3) is 1.38. The van der Waals surface area contributed by atoms with Crippen molar-refractivity contribution in [1.82, 2.24) is 10.3 Å². The summed E-state index contributed by atoms with van der Waals surface area (Å²) in [6, 6.07) is 2.20. The molecule has 0 unspecified atom stereocenters. The normalized spacial score (nSPS) is 17.1. The molecule has 0 radical (unpaired) electrons. The van der Waals surface area contributed by atoms with Gasteiger partial charge in [0.2, 0.25) is 0 Å². The Morgan fingerprint density at radius 1 is 1.33 bits per heavy atom. The Labute approximate surface area is 72.3 Å². The van der Waals surface area contributed by atoms with Crippen molar-refractivity contribution in [2.75, 3.05) is 13.1 Å². The minimum atomic E-state index is 0.625. The van der Waals surface area contributed by atoms with Crippen LogP contribution in [0.5, 0.6) is 0 Å². The second-order valence-electron chi connectivity index (χ2n) is 3.25. The maximum atomic E-state index is 5.55. The van der Waals surface area contributed by atoms with Gasteiger partial charge in [0.15, 0.2) is 0 Å². The summed E-state index contributed by atoms with van der Waals surface area (Å²) >= 11 is 0. The number of fused-ring (bicyclic) bond motifs is 1. The number of hydrogen-bond donors (Lipinski definition) is 3. The van der Waals surface area contributed by atoms with Crippen molar-refractivity contribution in [2.45, 2.75) is 19.4 Å². The second kappa shape index (κ2) is 3.29. The average Bonchev–Trinajstić information content (AvgIpc) is 2.37. The molecule has 4 N–H and O–H groups in total. The fourth-order valence-corrected chi connectivity index (χ4v) is 1.73. The zero-order chi connectivity index (χ0) is 8.39. The van der Waals surface area contributed by atoms with Gasteiger partial charge in [0.1, 0.15) is 0 Å². The maximum absolute atomic E-state index is 5.55. The highest BCUT2D eigenvalue weighted by molar-refractivity contribution is 5.27. The Morgan fingerprint density at radius 2 is 2.17 bits per heavy atom. The number of nitrogens with one attached hydrogen (secondary N) is 2. The van der Waals surface area contributed by atoms with E-state index in [0.717, 1.165) is 25.9 Å². The van der Waals surface area contributed by atoms with E-state index in [-0.39, 0.29) is 0 Å². The summed E-state index contributed by atoms with van der Waals surface area (Å²) in [5.41, 5.74) is 9.54. The van der Waals surface area contributed by atoms with Crippen LogP contribution in [0, 0.1) is 0 Å². The number of aromatic nitrogens is 1. The van der Waals surface area contributed by atoms with Gasteiger partial charge in [0.05, 0.1) is 0 Å². The summed E-state index contributed by atoms with van der Waals surface area (Å²) in [7, 11) is 0. The van der Waals surface area contributed by atoms with Crippen molar-refractivity contribution in [3.63, 3.8) is 0 Å². The SMILES string of the molecule is NCc1cc2c([nH]1)CCNCC2. The number of H-pyrrole nitrogens is 1. The third-order valence-electron chi connectivity index (χ3n) is 2.39. The van der Waals surface area contributed by atoms with Crippen LogP contribution in [0.3, 0.4) is 0 Å². The van der Waals surface area contributed by atoms with Crippen LogP contribution in [-0.2, 0) is 19.4 Å². The third-order valence-corrected chi connectivity index (χ3v) is 2.39. The first-order chi connectivity index (χ1) is 5.90. The molecule has 2 rings (SSSR count). The molecular weight excluding hydrogens is 150 g/mol. The molecule has 0 atom stereocenters. The number of aromatic amines is 1. The molecule has 1 aliphatic rings. The Kier molecular flexibility index (Phi) is 2.15. The fraction of sp³-hybridized carbons (Fsp3) is 0.556. The smallest absolute Gasteiger partial charge is 0.0332 e. The standard InChI is InChI=1S/C9H15N3/c10-6-8-5-7-1-3-11-4-2-9(7)12-8/h5,11-12H,1-4,6,10H2. The Morgan fingerprint density at radius 3 is 3.00 bits per heavy atom. The van der Waals surface area contributed by atoms with Crippen LogP contribution in [-0.4, -0.2) is 18.1 Å². The minimum absolute atomic E-state index is 0.625. The molecule has 0 bridgehead atoms. The molecule has 0 amide bonds. The predicted octanol–water partition coefficient (Wildman–Crippen LogP) is 0.162. The van der Waals surface area contributed by atoms with Crippen LogP contribution in [0.1, 0.15) is 17.0 Å². The lowest BCUT2D eigenvalue weighted by Crippen LogP contribution is -2.16. The molecule has 3 nitrogen and oxygen atoms in total. The van der Waals surface area contributed by atoms with Gasteiger partial charge in [-0.2, -0.15) is 0 Å². The molecule has 0 fully saturated rings. The quantitative estimate of drug-likeness (QED) is 0.555. The lowest BCUT2D eigenvalue weighted by molar-refractivity contribution is 0.705. The van der Waals surface area contributed by atoms with Crippen molar-refractivity contribution in [3.05, 3.63) is 23.0 Å². The monoisotopic (exact) mass is 165 g/mol. The first kappa shape index (κ1) is 7.83. The second-order valence-corrected chi connectivity index (χ2v) is 3.25. The molecular formula is C9H15N3. The van der Waals surface area contributed by atoms with E-state index in [2.05, 4.69) is 16.4 Å². The zero-order valence-electron chi connectivity index (χ0n) is 7.19. The van der Waals surface area contributed by atoms with E-state index in [0.29, 0.717) is 6.54 Å². The molecule has 0 saturated heterocycles. The van der Waals surface area contributed by atoms with Crippen molar-refractivity contribution < 1.29 is 0 Å². The van der Waals surface area contributed by atoms with Gasteiger partial charge in [-0.15, -0.1) is 0 Å². The van der Waals surface area contributed by atoms with Crippen LogP contribution in [0.25, 0.3) is 0 Å². The highest BCUT2D eigenvalue weighted by Crippen LogP contribution is 2.13. The Bertz CT molecular complexity index is 241. The van der Waals surface area contributed by atoms with E-state index < -0.39 is 0 Å². The summed E-state index contributed by atoms with van der Waals surface area (Å²) in [6.45, 7) is 2.80. The first-order valence-corrected chi connectivity index (χ1v) is 4.50. The van der Waals surface area contributed by atoms with Gasteiger partial charge in [-0.25, -0.2) is 0 Å². The van der Waals surface area contributed by atoms with Crippen molar-refractivity contribution in [1.29, 1.82) is 0 Å². The lowest BCUT2D eigenvalue weighted by Gasteiger charge is -1.95. The average molecular weight is 165 g/mol. The van der Waals surface area contributed by atoms with Crippen molar-refractivity contribution in [2.24, 2.45) is 5.73 Å². The number of nitrogens with two attached hydrogens (primary N) is 1. The molecule has 1 aromatic rings. The first-order valence-electron chi connectivity index (χ1n) is 4.50. The molecule has 1 aliphatic heterocycles. The summed E-state index contributed by atoms with van der Waals surface area (Å²) in [6.07, 6.45) is 2.24. The van der Waals surface area contributed by atoms with Gasteiger partial charge in [-0.05, 0) is 24.6 Å². The van der Waals surface area contributed by atoms with Gasteiger partial charge in [0, 0.05) is 30.9 Å². The van der Waals surface area contributed by atoms with Gasteiger partial charge in [0.25, 0.3) is 0 Å². The van der Waals surface area contributed by atoms with E-state index in [1.54, 1.807) is 0 Å². The lowest BCUT2D eigenvalue weighted by atomic mass is 10.1. The molecule has 12 heavy (non-hydrogen) atoms. The molecule has 3 heteroatoms. The molecule has 0 spiro atoms. The van der Waals surface area contributed by atoms with Crippen LogP contribution >= 0.6 is 0 Å². The van der Waals surface area contributed by atoms with Crippen molar-refractivity contribution in [3.8, 4) is 0 Å². The van der Waals surface area contributed by atoms with Crippen molar-refractivity contribution >= 4 is 0 Å². The number of rotatable bonds is 1. The van der Waals surface area contributed by atoms with E-state index in [4.69, 9.17) is 5.73 Å². The summed E-state index contributed by atoms with van der Waals surface area (Å²) in [4.78, 5) is 3.36.